The van der Waals surface area contributed by atoms with Crippen LogP contribution in [0.2, 0.25) is 5.02 Å². The number of hydrogen-bond donors (Lipinski definition) is 1. The molecule has 0 unspecified atom stereocenters. The van der Waals surface area contributed by atoms with E-state index >= 15 is 0 Å². The maximum Gasteiger partial charge on any atom is 0.336 e. The lowest BCUT2D eigenvalue weighted by molar-refractivity contribution is -0.124. The van der Waals surface area contributed by atoms with Gasteiger partial charge in [-0.1, -0.05) is 11.6 Å². The minimum Gasteiger partial charge on any atom is -0.423 e. The Morgan fingerprint density at radius 3 is 2.90 bits per heavy atom. The first-order valence-electron chi connectivity index (χ1n) is 6.75. The number of fused-ring (bicyclic) bond motifs is 1. The number of halogens is 1. The fraction of sp³-hybridized carbons (Fsp3) is 0.333. The third-order valence-electron chi connectivity index (χ3n) is 3.62. The minimum absolute atomic E-state index is 0.00222. The van der Waals surface area contributed by atoms with Crippen LogP contribution in [0, 0.1) is 6.92 Å². The van der Waals surface area contributed by atoms with Crippen molar-refractivity contribution < 1.29 is 9.21 Å². The van der Waals surface area contributed by atoms with E-state index in [-0.39, 0.29) is 11.5 Å². The van der Waals surface area contributed by atoms with Gasteiger partial charge in [0.2, 0.25) is 5.91 Å². The SMILES string of the molecule is Cc1cc2oc(=O)cc(CN3CCNC(=O)C3)c2cc1Cl. The standard InChI is InChI=1S/C15H15ClN2O3/c1-9-4-13-11(6-12(9)16)10(5-15(20)21-13)7-18-3-2-17-14(19)8-18/h4-6H,2-3,7-8H2,1H3,(H,17,19). The second-order valence-corrected chi connectivity index (χ2v) is 5.66. The molecule has 1 N–H and O–H groups in total. The predicted molar refractivity (Wildman–Crippen MR) is 80.5 cm³/mol. The van der Waals surface area contributed by atoms with E-state index < -0.39 is 0 Å². The molecule has 1 aromatic carbocycles. The Morgan fingerprint density at radius 2 is 2.14 bits per heavy atom. The Kier molecular flexibility index (Phi) is 3.69. The average Bonchev–Trinajstić information content (AvgIpc) is 2.41. The highest BCUT2D eigenvalue weighted by molar-refractivity contribution is 6.32. The smallest absolute Gasteiger partial charge is 0.336 e. The molecule has 1 saturated heterocycles. The molecule has 1 aliphatic rings. The molecule has 1 amide bonds. The molecule has 1 aromatic heterocycles. The van der Waals surface area contributed by atoms with Crippen LogP contribution in [-0.4, -0.2) is 30.4 Å². The van der Waals surface area contributed by atoms with Crippen LogP contribution in [-0.2, 0) is 11.3 Å². The van der Waals surface area contributed by atoms with E-state index in [2.05, 4.69) is 5.32 Å². The van der Waals surface area contributed by atoms with Crippen molar-refractivity contribution in [2.75, 3.05) is 19.6 Å². The lowest BCUT2D eigenvalue weighted by Gasteiger charge is -2.26. The van der Waals surface area contributed by atoms with Crippen molar-refractivity contribution in [2.24, 2.45) is 0 Å². The van der Waals surface area contributed by atoms with Crippen molar-refractivity contribution in [1.29, 1.82) is 0 Å². The summed E-state index contributed by atoms with van der Waals surface area (Å²) in [6, 6.07) is 5.06. The zero-order valence-electron chi connectivity index (χ0n) is 11.6. The van der Waals surface area contributed by atoms with E-state index in [4.69, 9.17) is 16.0 Å². The number of amides is 1. The maximum atomic E-state index is 11.7. The number of aryl methyl sites for hydroxylation is 1. The molecule has 0 saturated carbocycles. The molecule has 0 atom stereocenters. The van der Waals surface area contributed by atoms with Gasteiger partial charge in [-0.05, 0) is 30.2 Å². The maximum absolute atomic E-state index is 11.7. The molecule has 0 bridgehead atoms. The van der Waals surface area contributed by atoms with E-state index in [0.717, 1.165) is 23.1 Å². The van der Waals surface area contributed by atoms with Gasteiger partial charge in [0.1, 0.15) is 5.58 Å². The van der Waals surface area contributed by atoms with Crippen LogP contribution in [0.3, 0.4) is 0 Å². The van der Waals surface area contributed by atoms with Crippen molar-refractivity contribution in [3.8, 4) is 0 Å². The first-order valence-corrected chi connectivity index (χ1v) is 7.12. The van der Waals surface area contributed by atoms with Crippen LogP contribution < -0.4 is 10.9 Å². The molecular formula is C15H15ClN2O3. The highest BCUT2D eigenvalue weighted by atomic mass is 35.5. The molecule has 5 nitrogen and oxygen atoms in total. The van der Waals surface area contributed by atoms with Crippen LogP contribution in [0.5, 0.6) is 0 Å². The number of hydrogen-bond acceptors (Lipinski definition) is 4. The van der Waals surface area contributed by atoms with Crippen LogP contribution >= 0.6 is 11.6 Å². The molecule has 3 rings (SSSR count). The Hall–Kier alpha value is -1.85. The van der Waals surface area contributed by atoms with Crippen molar-refractivity contribution in [2.45, 2.75) is 13.5 Å². The lowest BCUT2D eigenvalue weighted by Crippen LogP contribution is -2.47. The third-order valence-corrected chi connectivity index (χ3v) is 4.03. The number of nitrogens with one attached hydrogen (secondary N) is 1. The van der Waals surface area contributed by atoms with Crippen LogP contribution in [0.1, 0.15) is 11.1 Å². The second kappa shape index (κ2) is 5.50. The number of carbonyl (C=O) groups is 1. The van der Waals surface area contributed by atoms with E-state index in [1.807, 2.05) is 17.9 Å². The van der Waals surface area contributed by atoms with Gasteiger partial charge in [-0.2, -0.15) is 0 Å². The quantitative estimate of drug-likeness (QED) is 0.858. The van der Waals surface area contributed by atoms with Gasteiger partial charge in [0.15, 0.2) is 0 Å². The van der Waals surface area contributed by atoms with Crippen LogP contribution in [0.25, 0.3) is 11.0 Å². The van der Waals surface area contributed by atoms with Crippen LogP contribution in [0.15, 0.2) is 27.4 Å². The summed E-state index contributed by atoms with van der Waals surface area (Å²) in [5, 5.41) is 4.23. The number of nitrogens with zero attached hydrogens (tertiary/aromatic N) is 1. The molecular weight excluding hydrogens is 292 g/mol. The monoisotopic (exact) mass is 306 g/mol. The molecule has 6 heteroatoms. The summed E-state index contributed by atoms with van der Waals surface area (Å²) < 4.78 is 5.24. The Balaban J connectivity index is 2.02. The molecule has 1 fully saturated rings. The first kappa shape index (κ1) is 14.1. The van der Waals surface area contributed by atoms with Gasteiger partial charge >= 0.3 is 5.63 Å². The number of carbonyl (C=O) groups excluding carboxylic acids is 1. The molecule has 1 aliphatic heterocycles. The molecule has 2 heterocycles. The highest BCUT2D eigenvalue weighted by Gasteiger charge is 2.18. The van der Waals surface area contributed by atoms with Gasteiger partial charge in [0.05, 0.1) is 6.54 Å². The predicted octanol–water partition coefficient (Wildman–Crippen LogP) is 1.69. The van der Waals surface area contributed by atoms with Gasteiger partial charge in [0, 0.05) is 36.1 Å². The van der Waals surface area contributed by atoms with E-state index in [1.165, 1.54) is 6.07 Å². The van der Waals surface area contributed by atoms with Crippen LogP contribution in [0.4, 0.5) is 0 Å². The number of benzene rings is 1. The van der Waals surface area contributed by atoms with Gasteiger partial charge in [-0.15, -0.1) is 0 Å². The highest BCUT2D eigenvalue weighted by Crippen LogP contribution is 2.25. The van der Waals surface area contributed by atoms with E-state index in [9.17, 15) is 9.59 Å². The number of rotatable bonds is 2. The fourth-order valence-corrected chi connectivity index (χ4v) is 2.71. The average molecular weight is 307 g/mol. The fourth-order valence-electron chi connectivity index (χ4n) is 2.55. The molecule has 0 aliphatic carbocycles. The Morgan fingerprint density at radius 1 is 1.33 bits per heavy atom. The van der Waals surface area contributed by atoms with Crippen molar-refractivity contribution >= 4 is 28.5 Å². The molecule has 21 heavy (non-hydrogen) atoms. The lowest BCUT2D eigenvalue weighted by atomic mass is 10.1. The summed E-state index contributed by atoms with van der Waals surface area (Å²) in [4.78, 5) is 25.1. The second-order valence-electron chi connectivity index (χ2n) is 5.25. The topological polar surface area (TPSA) is 62.6 Å². The minimum atomic E-state index is -0.388. The summed E-state index contributed by atoms with van der Waals surface area (Å²) in [6.45, 7) is 4.10. The van der Waals surface area contributed by atoms with Gasteiger partial charge in [-0.25, -0.2) is 4.79 Å². The van der Waals surface area contributed by atoms with Crippen molar-refractivity contribution in [3.63, 3.8) is 0 Å². The zero-order valence-corrected chi connectivity index (χ0v) is 12.4. The Bertz CT molecular complexity index is 769. The molecule has 0 spiro atoms. The summed E-state index contributed by atoms with van der Waals surface area (Å²) >= 11 is 6.17. The third kappa shape index (κ3) is 2.94. The zero-order chi connectivity index (χ0) is 15.0. The summed E-state index contributed by atoms with van der Waals surface area (Å²) in [7, 11) is 0. The van der Waals surface area contributed by atoms with Gasteiger partial charge in [0.25, 0.3) is 0 Å². The number of piperazine rings is 1. The Labute approximate surface area is 126 Å². The molecule has 110 valence electrons. The van der Waals surface area contributed by atoms with Crippen molar-refractivity contribution in [3.05, 3.63) is 44.8 Å². The van der Waals surface area contributed by atoms with Gasteiger partial charge < -0.3 is 9.73 Å². The summed E-state index contributed by atoms with van der Waals surface area (Å²) in [6.07, 6.45) is 0. The van der Waals surface area contributed by atoms with Crippen molar-refractivity contribution in [1.82, 2.24) is 10.2 Å². The summed E-state index contributed by atoms with van der Waals surface area (Å²) in [5.41, 5.74) is 1.83. The van der Waals surface area contributed by atoms with Gasteiger partial charge in [-0.3, -0.25) is 9.69 Å². The molecule has 0 radical (unpaired) electrons. The van der Waals surface area contributed by atoms with E-state index in [0.29, 0.717) is 30.2 Å². The van der Waals surface area contributed by atoms with E-state index in [1.54, 1.807) is 6.07 Å². The summed E-state index contributed by atoms with van der Waals surface area (Å²) in [5.74, 6) is 0.00222. The largest absolute Gasteiger partial charge is 0.423 e. The normalized spacial score (nSPS) is 16.2. The first-order chi connectivity index (χ1) is 10.0. The molecule has 2 aromatic rings.